The fraction of sp³-hybridized carbons (Fsp3) is 0.903. The van der Waals surface area contributed by atoms with Gasteiger partial charge in [0.15, 0.2) is 0 Å². The Morgan fingerprint density at radius 2 is 0.939 bits per heavy atom. The lowest BCUT2D eigenvalue weighted by Crippen LogP contribution is -2.37. The summed E-state index contributed by atoms with van der Waals surface area (Å²) < 4.78 is 5.19. The molecule has 0 aliphatic heterocycles. The first-order chi connectivity index (χ1) is 16.3. The molecule has 0 fully saturated rings. The Morgan fingerprint density at radius 1 is 0.515 bits per heavy atom. The van der Waals surface area contributed by atoms with Crippen molar-refractivity contribution < 1.29 is 4.57 Å². The van der Waals surface area contributed by atoms with Gasteiger partial charge >= 0.3 is 0 Å². The average Bonchev–Trinajstić information content (AvgIpc) is 3.21. The van der Waals surface area contributed by atoms with Crippen molar-refractivity contribution in [2.24, 2.45) is 0 Å². The molecule has 33 heavy (non-hydrogen) atoms. The molecule has 0 atom stereocenters. The molecule has 1 heterocycles. The van der Waals surface area contributed by atoms with Crippen LogP contribution in [0.4, 0.5) is 0 Å². The number of unbranched alkanes of at least 4 members (excludes halogenated alkanes) is 19. The molecule has 0 spiro atoms. The highest BCUT2D eigenvalue weighted by atomic mass is 15.1. The van der Waals surface area contributed by atoms with Gasteiger partial charge in [0, 0.05) is 6.42 Å². The van der Waals surface area contributed by atoms with E-state index in [1.165, 1.54) is 161 Å². The lowest BCUT2D eigenvalue weighted by molar-refractivity contribution is -0.704. The normalized spacial score (nSPS) is 11.5. The first-order valence-corrected chi connectivity index (χ1v) is 15.4. The summed E-state index contributed by atoms with van der Waals surface area (Å²) in [6.07, 6.45) is 37.0. The highest BCUT2D eigenvalue weighted by molar-refractivity contribution is 4.84. The van der Waals surface area contributed by atoms with E-state index in [9.17, 15) is 0 Å². The van der Waals surface area contributed by atoms with E-state index in [4.69, 9.17) is 0 Å². The van der Waals surface area contributed by atoms with Crippen molar-refractivity contribution in [2.45, 2.75) is 182 Å². The second kappa shape index (κ2) is 23.0. The first kappa shape index (κ1) is 30.2. The SMILES string of the molecule is CCCCCCCCCCCCC[n+]1ccn(CCCCCCCCC)c1CCCCCC. The number of imidazole rings is 1. The minimum absolute atomic E-state index is 1.22. The molecule has 0 unspecified atom stereocenters. The molecule has 0 aromatic carbocycles. The van der Waals surface area contributed by atoms with Crippen LogP contribution in [0.1, 0.15) is 168 Å². The Labute approximate surface area is 208 Å². The first-order valence-electron chi connectivity index (χ1n) is 15.4. The van der Waals surface area contributed by atoms with Crippen LogP contribution in [0.15, 0.2) is 12.4 Å². The van der Waals surface area contributed by atoms with Crippen LogP contribution in [0.25, 0.3) is 0 Å². The summed E-state index contributed by atoms with van der Waals surface area (Å²) in [6.45, 7) is 9.38. The third-order valence-corrected chi connectivity index (χ3v) is 7.35. The lowest BCUT2D eigenvalue weighted by Gasteiger charge is -2.07. The quantitative estimate of drug-likeness (QED) is 0.101. The second-order valence-corrected chi connectivity index (χ2v) is 10.6. The second-order valence-electron chi connectivity index (χ2n) is 10.6. The molecule has 1 rings (SSSR count). The summed E-state index contributed by atoms with van der Waals surface area (Å²) in [7, 11) is 0. The van der Waals surface area contributed by atoms with E-state index in [0.29, 0.717) is 0 Å². The van der Waals surface area contributed by atoms with Crippen molar-refractivity contribution in [3.63, 3.8) is 0 Å². The smallest absolute Gasteiger partial charge is 0.234 e. The van der Waals surface area contributed by atoms with Crippen LogP contribution in [-0.2, 0) is 19.5 Å². The predicted molar refractivity (Wildman–Crippen MR) is 147 cm³/mol. The monoisotopic (exact) mass is 461 g/mol. The fourth-order valence-electron chi connectivity index (χ4n) is 5.09. The topological polar surface area (TPSA) is 8.81 Å². The molecule has 1 aromatic heterocycles. The van der Waals surface area contributed by atoms with Gasteiger partial charge in [0.1, 0.15) is 12.4 Å². The summed E-state index contributed by atoms with van der Waals surface area (Å²) in [5.41, 5.74) is 0. The maximum atomic E-state index is 2.60. The standard InChI is InChI=1S/C31H61N2/c1-4-7-10-13-15-16-17-18-20-22-25-28-33-30-29-32(31(33)26-23-12-9-6-3)27-24-21-19-14-11-8-5-2/h29-30H,4-28H2,1-3H3/q+1. The van der Waals surface area contributed by atoms with E-state index < -0.39 is 0 Å². The van der Waals surface area contributed by atoms with Crippen molar-refractivity contribution in [1.82, 2.24) is 4.57 Å². The van der Waals surface area contributed by atoms with Crippen LogP contribution in [0, 0.1) is 0 Å². The number of hydrogen-bond acceptors (Lipinski definition) is 0. The largest absolute Gasteiger partial charge is 0.256 e. The number of nitrogens with zero attached hydrogens (tertiary/aromatic N) is 2. The minimum Gasteiger partial charge on any atom is -0.234 e. The lowest BCUT2D eigenvalue weighted by atomic mass is 10.1. The van der Waals surface area contributed by atoms with E-state index in [2.05, 4.69) is 42.3 Å². The molecule has 0 radical (unpaired) electrons. The van der Waals surface area contributed by atoms with Crippen LogP contribution >= 0.6 is 0 Å². The molecule has 2 nitrogen and oxygen atoms in total. The van der Waals surface area contributed by atoms with Gasteiger partial charge < -0.3 is 0 Å². The van der Waals surface area contributed by atoms with Crippen LogP contribution in [0.5, 0.6) is 0 Å². The Balaban J connectivity index is 2.28. The zero-order valence-electron chi connectivity index (χ0n) is 23.2. The maximum Gasteiger partial charge on any atom is 0.256 e. The van der Waals surface area contributed by atoms with Crippen molar-refractivity contribution in [3.05, 3.63) is 18.2 Å². The van der Waals surface area contributed by atoms with E-state index in [1.807, 2.05) is 0 Å². The highest BCUT2D eigenvalue weighted by Gasteiger charge is 2.16. The molecule has 2 heteroatoms. The van der Waals surface area contributed by atoms with Crippen LogP contribution < -0.4 is 4.57 Å². The summed E-state index contributed by atoms with van der Waals surface area (Å²) in [5, 5.41) is 0. The van der Waals surface area contributed by atoms with Gasteiger partial charge in [-0.25, -0.2) is 9.13 Å². The molecule has 0 amide bonds. The summed E-state index contributed by atoms with van der Waals surface area (Å²) in [6, 6.07) is 0. The van der Waals surface area contributed by atoms with Gasteiger partial charge in [-0.2, -0.15) is 0 Å². The highest BCUT2D eigenvalue weighted by Crippen LogP contribution is 2.13. The van der Waals surface area contributed by atoms with Crippen LogP contribution in [-0.4, -0.2) is 4.57 Å². The fourth-order valence-corrected chi connectivity index (χ4v) is 5.09. The Bertz CT molecular complexity index is 519. The third kappa shape index (κ3) is 16.5. The summed E-state index contributed by atoms with van der Waals surface area (Å²) in [5.74, 6) is 1.60. The maximum absolute atomic E-state index is 2.60. The summed E-state index contributed by atoms with van der Waals surface area (Å²) >= 11 is 0. The van der Waals surface area contributed by atoms with Gasteiger partial charge in [-0.05, 0) is 32.1 Å². The molecule has 0 saturated carbocycles. The van der Waals surface area contributed by atoms with E-state index in [-0.39, 0.29) is 0 Å². The minimum atomic E-state index is 1.22. The molecular weight excluding hydrogens is 400 g/mol. The Morgan fingerprint density at radius 3 is 1.45 bits per heavy atom. The molecule has 1 aromatic rings. The number of rotatable bonds is 25. The third-order valence-electron chi connectivity index (χ3n) is 7.35. The zero-order chi connectivity index (χ0) is 23.8. The van der Waals surface area contributed by atoms with E-state index >= 15 is 0 Å². The van der Waals surface area contributed by atoms with Crippen molar-refractivity contribution >= 4 is 0 Å². The van der Waals surface area contributed by atoms with Crippen LogP contribution in [0.2, 0.25) is 0 Å². The van der Waals surface area contributed by atoms with Crippen molar-refractivity contribution in [3.8, 4) is 0 Å². The van der Waals surface area contributed by atoms with E-state index in [0.717, 1.165) is 0 Å². The van der Waals surface area contributed by atoms with E-state index in [1.54, 1.807) is 5.82 Å². The van der Waals surface area contributed by atoms with Crippen molar-refractivity contribution in [2.75, 3.05) is 0 Å². The molecular formula is C31H61N2+. The number of aromatic nitrogens is 2. The Kier molecular flexibility index (Phi) is 21.1. The van der Waals surface area contributed by atoms with Gasteiger partial charge in [0.05, 0.1) is 13.1 Å². The number of hydrogen-bond donors (Lipinski definition) is 0. The molecule has 0 N–H and O–H groups in total. The Hall–Kier alpha value is -0.790. The average molecular weight is 462 g/mol. The predicted octanol–water partition coefficient (Wildman–Crippen LogP) is 9.96. The van der Waals surface area contributed by atoms with Crippen molar-refractivity contribution in [1.29, 1.82) is 0 Å². The molecule has 0 bridgehead atoms. The molecule has 194 valence electrons. The van der Waals surface area contributed by atoms with Gasteiger partial charge in [0.2, 0.25) is 0 Å². The molecule has 0 aliphatic carbocycles. The zero-order valence-corrected chi connectivity index (χ0v) is 23.2. The molecule has 0 saturated heterocycles. The summed E-state index contributed by atoms with van der Waals surface area (Å²) in [4.78, 5) is 0. The van der Waals surface area contributed by atoms with Crippen LogP contribution in [0.3, 0.4) is 0 Å². The van der Waals surface area contributed by atoms with Gasteiger partial charge in [0.25, 0.3) is 5.82 Å². The molecule has 0 aliphatic rings. The van der Waals surface area contributed by atoms with Gasteiger partial charge in [-0.3, -0.25) is 0 Å². The number of aryl methyl sites for hydroxylation is 2. The van der Waals surface area contributed by atoms with Gasteiger partial charge in [-0.15, -0.1) is 0 Å². The van der Waals surface area contributed by atoms with Gasteiger partial charge in [-0.1, -0.05) is 130 Å².